The number of rotatable bonds is 8. The number of hydrogen-bond acceptors (Lipinski definition) is 5. The average Bonchev–Trinajstić information content (AvgIpc) is 3.20. The van der Waals surface area contributed by atoms with Crippen LogP contribution in [0.1, 0.15) is 18.6 Å². The van der Waals surface area contributed by atoms with Crippen LogP contribution in [0.25, 0.3) is 22.0 Å². The van der Waals surface area contributed by atoms with Crippen molar-refractivity contribution in [2.24, 2.45) is 0 Å². The van der Waals surface area contributed by atoms with E-state index in [1.165, 1.54) is 17.8 Å². The predicted octanol–water partition coefficient (Wildman–Crippen LogP) is 3.29. The van der Waals surface area contributed by atoms with E-state index < -0.39 is 6.09 Å². The van der Waals surface area contributed by atoms with Crippen molar-refractivity contribution in [1.82, 2.24) is 15.8 Å². The lowest BCUT2D eigenvalue weighted by molar-refractivity contribution is -0.123. The molecule has 1 aromatic heterocycles. The maximum Gasteiger partial charge on any atom is 0.407 e. The number of benzene rings is 2. The van der Waals surface area contributed by atoms with E-state index >= 15 is 0 Å². The number of nitrogens with zero attached hydrogens (tertiary/aromatic N) is 1. The fourth-order valence-corrected chi connectivity index (χ4v) is 2.78. The van der Waals surface area contributed by atoms with Crippen LogP contribution in [0.3, 0.4) is 0 Å². The molecule has 3 rings (SSSR count). The Labute approximate surface area is 163 Å². The first-order valence-electron chi connectivity index (χ1n) is 9.21. The van der Waals surface area contributed by atoms with E-state index in [9.17, 15) is 9.59 Å². The van der Waals surface area contributed by atoms with Crippen LogP contribution in [0, 0.1) is 0 Å². The smallest absolute Gasteiger partial charge is 0.407 e. The van der Waals surface area contributed by atoms with E-state index in [1.54, 1.807) is 0 Å². The SMILES string of the molecule is CNC(=O)COC(=O)NCCCCc1cc(-c2ccc3ccccc3c2)no1. The number of nitrogens with one attached hydrogen (secondary N) is 2. The van der Waals surface area contributed by atoms with E-state index in [2.05, 4.69) is 40.1 Å². The third-order valence-electron chi connectivity index (χ3n) is 4.34. The minimum atomic E-state index is -0.596. The van der Waals surface area contributed by atoms with Gasteiger partial charge in [0.1, 0.15) is 11.5 Å². The summed E-state index contributed by atoms with van der Waals surface area (Å²) in [7, 11) is 1.48. The number of aromatic nitrogens is 1. The Hall–Kier alpha value is -3.35. The monoisotopic (exact) mass is 381 g/mol. The standard InChI is InChI=1S/C21H23N3O4/c1-22-20(25)14-27-21(26)23-11-5-4-8-18-13-19(24-28-18)17-10-9-15-6-2-3-7-16(15)12-17/h2-3,6-7,9-10,12-13H,4-5,8,11,14H2,1H3,(H,22,25)(H,23,26). The van der Waals surface area contributed by atoms with E-state index in [1.807, 2.05) is 24.3 Å². The summed E-state index contributed by atoms with van der Waals surface area (Å²) >= 11 is 0. The molecule has 0 saturated carbocycles. The Bertz CT molecular complexity index is 951. The van der Waals surface area contributed by atoms with Crippen LogP contribution in [0.15, 0.2) is 53.1 Å². The molecule has 0 saturated heterocycles. The summed E-state index contributed by atoms with van der Waals surface area (Å²) in [6.45, 7) is 0.191. The molecule has 0 bridgehead atoms. The summed E-state index contributed by atoms with van der Waals surface area (Å²) in [6, 6.07) is 16.4. The molecule has 0 aliphatic heterocycles. The first-order valence-corrected chi connectivity index (χ1v) is 9.21. The molecule has 3 aromatic rings. The first kappa shape index (κ1) is 19.4. The molecule has 28 heavy (non-hydrogen) atoms. The molecular weight excluding hydrogens is 358 g/mol. The number of amides is 2. The largest absolute Gasteiger partial charge is 0.439 e. The van der Waals surface area contributed by atoms with E-state index in [4.69, 9.17) is 9.26 Å². The Kier molecular flexibility index (Phi) is 6.62. The lowest BCUT2D eigenvalue weighted by atomic mass is 10.0. The van der Waals surface area contributed by atoms with Gasteiger partial charge in [0.15, 0.2) is 6.61 Å². The Morgan fingerprint density at radius 1 is 1.07 bits per heavy atom. The molecule has 146 valence electrons. The lowest BCUT2D eigenvalue weighted by Crippen LogP contribution is -2.31. The van der Waals surface area contributed by atoms with Crippen molar-refractivity contribution in [2.75, 3.05) is 20.2 Å². The van der Waals surface area contributed by atoms with Crippen molar-refractivity contribution >= 4 is 22.8 Å². The summed E-state index contributed by atoms with van der Waals surface area (Å²) in [5.41, 5.74) is 1.84. The van der Waals surface area contributed by atoms with Crippen molar-refractivity contribution in [3.05, 3.63) is 54.3 Å². The number of aryl methyl sites for hydroxylation is 1. The fourth-order valence-electron chi connectivity index (χ4n) is 2.78. The van der Waals surface area contributed by atoms with Crippen LogP contribution >= 0.6 is 0 Å². The zero-order chi connectivity index (χ0) is 19.8. The molecule has 2 N–H and O–H groups in total. The number of alkyl carbamates (subject to hydrolysis) is 1. The van der Waals surface area contributed by atoms with Crippen LogP contribution in [0.4, 0.5) is 4.79 Å². The highest BCUT2D eigenvalue weighted by atomic mass is 16.6. The molecule has 2 aromatic carbocycles. The van der Waals surface area contributed by atoms with Gasteiger partial charge in [0, 0.05) is 31.6 Å². The second-order valence-corrected chi connectivity index (χ2v) is 6.37. The Morgan fingerprint density at radius 3 is 2.71 bits per heavy atom. The molecule has 0 fully saturated rings. The van der Waals surface area contributed by atoms with Gasteiger partial charge in [0.05, 0.1) is 0 Å². The number of unbranched alkanes of at least 4 members (excludes halogenated alkanes) is 1. The highest BCUT2D eigenvalue weighted by Gasteiger charge is 2.08. The first-order chi connectivity index (χ1) is 13.7. The predicted molar refractivity (Wildman–Crippen MR) is 106 cm³/mol. The van der Waals surface area contributed by atoms with E-state index in [0.29, 0.717) is 6.54 Å². The van der Waals surface area contributed by atoms with E-state index in [0.717, 1.165) is 36.3 Å². The van der Waals surface area contributed by atoms with Crippen LogP contribution in [0.5, 0.6) is 0 Å². The molecule has 0 unspecified atom stereocenters. The molecule has 0 aliphatic carbocycles. The van der Waals surface area contributed by atoms with Gasteiger partial charge in [-0.2, -0.15) is 0 Å². The number of carbonyl (C=O) groups excluding carboxylic acids is 2. The van der Waals surface area contributed by atoms with Crippen LogP contribution < -0.4 is 10.6 Å². The fraction of sp³-hybridized carbons (Fsp3) is 0.286. The van der Waals surface area contributed by atoms with Crippen molar-refractivity contribution in [3.63, 3.8) is 0 Å². The van der Waals surface area contributed by atoms with Crippen LogP contribution in [-0.4, -0.2) is 37.4 Å². The van der Waals surface area contributed by atoms with Crippen LogP contribution in [0.2, 0.25) is 0 Å². The van der Waals surface area contributed by atoms with E-state index in [-0.39, 0.29) is 12.5 Å². The molecule has 0 aliphatic rings. The third-order valence-corrected chi connectivity index (χ3v) is 4.34. The zero-order valence-corrected chi connectivity index (χ0v) is 15.7. The van der Waals surface area contributed by atoms with Crippen molar-refractivity contribution in [1.29, 1.82) is 0 Å². The van der Waals surface area contributed by atoms with Gasteiger partial charge in [-0.1, -0.05) is 41.6 Å². The highest BCUT2D eigenvalue weighted by molar-refractivity contribution is 5.86. The molecule has 1 heterocycles. The molecule has 0 spiro atoms. The van der Waals surface area contributed by atoms with Gasteiger partial charge in [0.25, 0.3) is 5.91 Å². The van der Waals surface area contributed by atoms with Crippen LogP contribution in [-0.2, 0) is 16.0 Å². The normalized spacial score (nSPS) is 10.6. The molecule has 2 amide bonds. The van der Waals surface area contributed by atoms with Gasteiger partial charge >= 0.3 is 6.09 Å². The van der Waals surface area contributed by atoms with Gasteiger partial charge in [-0.05, 0) is 29.7 Å². The molecular formula is C21H23N3O4. The number of hydrogen-bond donors (Lipinski definition) is 2. The van der Waals surface area contributed by atoms with Gasteiger partial charge in [-0.3, -0.25) is 4.79 Å². The van der Waals surface area contributed by atoms with Gasteiger partial charge < -0.3 is 19.9 Å². The van der Waals surface area contributed by atoms with Gasteiger partial charge in [0.2, 0.25) is 0 Å². The number of carbonyl (C=O) groups is 2. The summed E-state index contributed by atoms with van der Waals surface area (Å²) in [4.78, 5) is 22.4. The second-order valence-electron chi connectivity index (χ2n) is 6.37. The number of likely N-dealkylation sites (N-methyl/N-ethyl adjacent to an activating group) is 1. The molecule has 7 heteroatoms. The number of fused-ring (bicyclic) bond motifs is 1. The quantitative estimate of drug-likeness (QED) is 0.584. The third kappa shape index (κ3) is 5.33. The second kappa shape index (κ2) is 9.55. The highest BCUT2D eigenvalue weighted by Crippen LogP contribution is 2.24. The topological polar surface area (TPSA) is 93.5 Å². The van der Waals surface area contributed by atoms with Crippen molar-refractivity contribution in [2.45, 2.75) is 19.3 Å². The minimum absolute atomic E-state index is 0.280. The Morgan fingerprint density at radius 2 is 1.89 bits per heavy atom. The van der Waals surface area contributed by atoms with Crippen molar-refractivity contribution < 1.29 is 18.8 Å². The maximum atomic E-state index is 11.4. The summed E-state index contributed by atoms with van der Waals surface area (Å²) < 4.78 is 10.2. The molecule has 7 nitrogen and oxygen atoms in total. The summed E-state index contributed by atoms with van der Waals surface area (Å²) in [6.07, 6.45) is 1.74. The zero-order valence-electron chi connectivity index (χ0n) is 15.7. The number of ether oxygens (including phenoxy) is 1. The lowest BCUT2D eigenvalue weighted by Gasteiger charge is -2.05. The van der Waals surface area contributed by atoms with Crippen molar-refractivity contribution in [3.8, 4) is 11.3 Å². The Balaban J connectivity index is 1.42. The summed E-state index contributed by atoms with van der Waals surface area (Å²) in [5, 5.41) is 11.5. The minimum Gasteiger partial charge on any atom is -0.439 e. The average molecular weight is 381 g/mol. The van der Waals surface area contributed by atoms with Gasteiger partial charge in [-0.15, -0.1) is 0 Å². The molecule has 0 radical (unpaired) electrons. The molecule has 0 atom stereocenters. The summed E-state index contributed by atoms with van der Waals surface area (Å²) in [5.74, 6) is 0.466. The maximum absolute atomic E-state index is 11.4. The van der Waals surface area contributed by atoms with Gasteiger partial charge in [-0.25, -0.2) is 4.79 Å².